The van der Waals surface area contributed by atoms with Gasteiger partial charge in [0.2, 0.25) is 0 Å². The second kappa shape index (κ2) is 17.2. The number of ether oxygens (including phenoxy) is 4. The van der Waals surface area contributed by atoms with Crippen molar-refractivity contribution >= 4 is 45.9 Å². The summed E-state index contributed by atoms with van der Waals surface area (Å²) in [7, 11) is 0. The Morgan fingerprint density at radius 3 is 2.11 bits per heavy atom. The second-order valence-electron chi connectivity index (χ2n) is 9.86. The molecule has 5 N–H and O–H groups in total. The third kappa shape index (κ3) is 9.95. The second-order valence-corrected chi connectivity index (χ2v) is 10.3. The minimum Gasteiger partial charge on any atom is -0.508 e. The van der Waals surface area contributed by atoms with Crippen LogP contribution in [-0.4, -0.2) is 91.8 Å². The lowest BCUT2D eigenvalue weighted by molar-refractivity contribution is -0.138. The smallest absolute Gasteiger partial charge is 0.336 e. The van der Waals surface area contributed by atoms with Crippen LogP contribution in [0, 0.1) is 0 Å². The highest BCUT2D eigenvalue weighted by molar-refractivity contribution is 7.80. The summed E-state index contributed by atoms with van der Waals surface area (Å²) in [5, 5.41) is 35.5. The van der Waals surface area contributed by atoms with Crippen LogP contribution >= 0.6 is 12.2 Å². The van der Waals surface area contributed by atoms with E-state index in [9.17, 15) is 24.6 Å². The van der Waals surface area contributed by atoms with E-state index in [1.807, 2.05) is 0 Å². The van der Waals surface area contributed by atoms with Crippen LogP contribution in [0.15, 0.2) is 63.8 Å². The number of carboxylic acids is 2. The van der Waals surface area contributed by atoms with Gasteiger partial charge in [-0.2, -0.15) is 0 Å². The summed E-state index contributed by atoms with van der Waals surface area (Å²) in [6.45, 7) is 3.12. The lowest BCUT2D eigenvalue weighted by Gasteiger charge is -2.18. The molecule has 14 heteroatoms. The first-order valence-corrected chi connectivity index (χ1v) is 14.8. The van der Waals surface area contributed by atoms with Crippen molar-refractivity contribution in [3.63, 3.8) is 0 Å². The molecule has 2 aromatic rings. The van der Waals surface area contributed by atoms with Crippen molar-refractivity contribution in [2.24, 2.45) is 0 Å². The van der Waals surface area contributed by atoms with E-state index >= 15 is 0 Å². The van der Waals surface area contributed by atoms with Crippen LogP contribution in [-0.2, 0) is 23.7 Å². The molecule has 0 spiro atoms. The molecule has 244 valence electrons. The Morgan fingerprint density at radius 2 is 1.43 bits per heavy atom. The average molecular weight is 655 g/mol. The number of aromatic hydroxyl groups is 1. The highest BCUT2D eigenvalue weighted by atomic mass is 32.1. The van der Waals surface area contributed by atoms with Gasteiger partial charge in [-0.1, -0.05) is 6.07 Å². The van der Waals surface area contributed by atoms with E-state index in [0.29, 0.717) is 86.1 Å². The lowest BCUT2D eigenvalue weighted by atomic mass is 9.90. The van der Waals surface area contributed by atoms with E-state index in [-0.39, 0.29) is 40.6 Å². The van der Waals surface area contributed by atoms with Crippen molar-refractivity contribution in [1.82, 2.24) is 5.32 Å². The number of thiocarbonyl (C=S) groups is 1. The summed E-state index contributed by atoms with van der Waals surface area (Å²) in [5.41, 5.74) is 1.99. The van der Waals surface area contributed by atoms with Crippen molar-refractivity contribution < 1.29 is 48.3 Å². The molecular weight excluding hydrogens is 620 g/mol. The van der Waals surface area contributed by atoms with E-state index in [0.717, 1.165) is 0 Å². The van der Waals surface area contributed by atoms with E-state index in [1.165, 1.54) is 30.3 Å². The maximum atomic E-state index is 12.4. The molecule has 1 aliphatic heterocycles. The Balaban J connectivity index is 1.25. The molecule has 2 aliphatic rings. The molecule has 1 aliphatic carbocycles. The lowest BCUT2D eigenvalue weighted by Crippen LogP contribution is -2.31. The van der Waals surface area contributed by atoms with Crippen LogP contribution in [0.25, 0.3) is 33.4 Å². The van der Waals surface area contributed by atoms with Crippen molar-refractivity contribution in [2.75, 3.05) is 64.7 Å². The Labute approximate surface area is 269 Å². The fraction of sp³-hybridized carbons (Fsp3) is 0.312. The number of benzene rings is 3. The Hall–Kier alpha value is -4.60. The molecule has 0 atom stereocenters. The quantitative estimate of drug-likeness (QED) is 0.0593. The highest BCUT2D eigenvalue weighted by Gasteiger charge is 2.22. The van der Waals surface area contributed by atoms with Crippen LogP contribution in [0.1, 0.15) is 16.8 Å². The Kier molecular flexibility index (Phi) is 12.8. The minimum absolute atomic E-state index is 0.00122. The number of fused-ring (bicyclic) bond motifs is 2. The third-order valence-corrected chi connectivity index (χ3v) is 6.81. The summed E-state index contributed by atoms with van der Waals surface area (Å²) in [6.07, 6.45) is -0.0355. The molecule has 0 saturated carbocycles. The van der Waals surface area contributed by atoms with Gasteiger partial charge in [0.25, 0.3) is 0 Å². The van der Waals surface area contributed by atoms with Gasteiger partial charge in [-0.15, -0.1) is 0 Å². The largest absolute Gasteiger partial charge is 0.508 e. The van der Waals surface area contributed by atoms with Crippen LogP contribution in [0.3, 0.4) is 0 Å². The highest BCUT2D eigenvalue weighted by Crippen LogP contribution is 2.42. The summed E-state index contributed by atoms with van der Waals surface area (Å²) in [5.74, 6) is -1.83. The molecule has 0 saturated heterocycles. The number of phenolic OH excluding ortho intramolecular Hbond substituents is 1. The van der Waals surface area contributed by atoms with Gasteiger partial charge in [-0.05, 0) is 54.2 Å². The SMILES string of the molecule is O=C(O)CCOCCOCCOCCOCCNC(=S)Nc1ccc(-c2c3ccc(=O)cc-3oc3cc(O)ccc23)c(C(=O)O)c1. The zero-order chi connectivity index (χ0) is 32.9. The number of carbonyl (C=O) groups is 2. The number of aromatic carboxylic acids is 1. The number of hydrogen-bond acceptors (Lipinski definition) is 10. The van der Waals surface area contributed by atoms with E-state index in [4.69, 9.17) is 40.7 Å². The number of rotatable bonds is 18. The molecule has 0 unspecified atom stereocenters. The standard InChI is InChI=1S/C32H34N2O11S/c35-21-2-5-24-27(18-21)45-28-19-22(36)3-6-25(28)30(24)23-4-1-20(17-26(23)31(39)40)34-32(46)33-8-10-42-12-14-44-16-15-43-13-11-41-9-7-29(37)38/h1-6,17-19,35H,7-16H2,(H,37,38)(H,39,40)(H2,33,34,46). The fourth-order valence-electron chi connectivity index (χ4n) is 4.50. The van der Waals surface area contributed by atoms with Crippen LogP contribution in [0.4, 0.5) is 5.69 Å². The van der Waals surface area contributed by atoms with Crippen molar-refractivity contribution in [3.05, 3.63) is 70.4 Å². The van der Waals surface area contributed by atoms with E-state index < -0.39 is 11.9 Å². The van der Waals surface area contributed by atoms with Crippen molar-refractivity contribution in [2.45, 2.75) is 6.42 Å². The third-order valence-electron chi connectivity index (χ3n) is 6.56. The molecule has 0 fully saturated rings. The Morgan fingerprint density at radius 1 is 0.783 bits per heavy atom. The van der Waals surface area contributed by atoms with Crippen LogP contribution in [0.5, 0.6) is 5.75 Å². The first-order valence-electron chi connectivity index (χ1n) is 14.4. The number of nitrogens with one attached hydrogen (secondary N) is 2. The molecule has 0 amide bonds. The van der Waals surface area contributed by atoms with Gasteiger partial charge >= 0.3 is 11.9 Å². The predicted molar refractivity (Wildman–Crippen MR) is 173 cm³/mol. The van der Waals surface area contributed by atoms with E-state index in [1.54, 1.807) is 24.3 Å². The number of anilines is 1. The molecule has 0 radical (unpaired) electrons. The van der Waals surface area contributed by atoms with Gasteiger partial charge in [0, 0.05) is 40.9 Å². The van der Waals surface area contributed by atoms with Gasteiger partial charge in [0.1, 0.15) is 17.1 Å². The van der Waals surface area contributed by atoms with Crippen molar-refractivity contribution in [1.29, 1.82) is 0 Å². The molecule has 4 rings (SSSR count). The van der Waals surface area contributed by atoms with E-state index in [2.05, 4.69) is 10.6 Å². The molecule has 1 heterocycles. The van der Waals surface area contributed by atoms with Crippen LogP contribution in [0.2, 0.25) is 0 Å². The normalized spacial score (nSPS) is 11.1. The Bertz CT molecular complexity index is 1690. The topological polar surface area (TPSA) is 186 Å². The van der Waals surface area contributed by atoms with Gasteiger partial charge in [0.05, 0.1) is 64.8 Å². The molecule has 0 bridgehead atoms. The fourth-order valence-corrected chi connectivity index (χ4v) is 4.72. The number of phenols is 1. The molecule has 46 heavy (non-hydrogen) atoms. The van der Waals surface area contributed by atoms with Gasteiger partial charge in [0.15, 0.2) is 10.5 Å². The number of hydrogen-bond donors (Lipinski definition) is 5. The minimum atomic E-state index is -1.16. The molecule has 2 aromatic carbocycles. The predicted octanol–water partition coefficient (Wildman–Crippen LogP) is 3.80. The van der Waals surface area contributed by atoms with Crippen molar-refractivity contribution in [3.8, 4) is 28.2 Å². The number of aliphatic carboxylic acids is 1. The molecular formula is C32H34N2O11S. The average Bonchev–Trinajstić information content (AvgIpc) is 3.01. The summed E-state index contributed by atoms with van der Waals surface area (Å²) < 4.78 is 27.3. The first kappa shape index (κ1) is 34.3. The first-order chi connectivity index (χ1) is 22.2. The summed E-state index contributed by atoms with van der Waals surface area (Å²) in [6, 6.07) is 13.7. The van der Waals surface area contributed by atoms with Gasteiger partial charge in [-0.25, -0.2) is 4.79 Å². The zero-order valence-electron chi connectivity index (χ0n) is 24.8. The van der Waals surface area contributed by atoms with Gasteiger partial charge in [-0.3, -0.25) is 9.59 Å². The number of carboxylic acid groups (broad SMARTS) is 2. The molecule has 0 aromatic heterocycles. The summed E-state index contributed by atoms with van der Waals surface area (Å²) in [4.78, 5) is 34.8. The van der Waals surface area contributed by atoms with Crippen LogP contribution < -0.4 is 16.1 Å². The maximum Gasteiger partial charge on any atom is 0.336 e. The summed E-state index contributed by atoms with van der Waals surface area (Å²) >= 11 is 5.36. The maximum absolute atomic E-state index is 12.4. The zero-order valence-corrected chi connectivity index (χ0v) is 25.6. The molecule has 13 nitrogen and oxygen atoms in total. The monoisotopic (exact) mass is 654 g/mol. The van der Waals surface area contributed by atoms with Gasteiger partial charge < -0.3 is 49.3 Å².